The third-order valence-corrected chi connectivity index (χ3v) is 5.61. The lowest BCUT2D eigenvalue weighted by Crippen LogP contribution is -2.39. The van der Waals surface area contributed by atoms with Gasteiger partial charge in [-0.1, -0.05) is 12.1 Å². The molecule has 7 nitrogen and oxygen atoms in total. The highest BCUT2D eigenvalue weighted by Gasteiger charge is 2.31. The van der Waals surface area contributed by atoms with Crippen molar-refractivity contribution in [2.24, 2.45) is 0 Å². The predicted molar refractivity (Wildman–Crippen MR) is 137 cm³/mol. The Bertz CT molecular complexity index is 1280. The number of carbonyl (C=O) groups is 1. The Balaban J connectivity index is 1.32. The molecule has 4 aromatic rings. The molecule has 4 rings (SSSR count). The minimum Gasteiger partial charge on any atom is -0.493 e. The number of nitrogens with zero attached hydrogens (tertiary/aromatic N) is 2. The number of hydrogen-bond acceptors (Lipinski definition) is 7. The number of ether oxygens (including phenoxy) is 3. The van der Waals surface area contributed by atoms with Crippen LogP contribution < -0.4 is 9.47 Å². The largest absolute Gasteiger partial charge is 0.493 e. The van der Waals surface area contributed by atoms with Gasteiger partial charge >= 0.3 is 5.97 Å². The summed E-state index contributed by atoms with van der Waals surface area (Å²) in [5.41, 5.74) is 2.93. The Morgan fingerprint density at radius 2 is 1.50 bits per heavy atom. The van der Waals surface area contributed by atoms with Crippen LogP contribution in [0.5, 0.6) is 11.5 Å². The smallest absolute Gasteiger partial charge is 0.349 e. The normalized spacial score (nSPS) is 11.2. The summed E-state index contributed by atoms with van der Waals surface area (Å²) in [6, 6.07) is 19.2. The van der Waals surface area contributed by atoms with Crippen LogP contribution in [0.2, 0.25) is 0 Å². The summed E-state index contributed by atoms with van der Waals surface area (Å²) in [4.78, 5) is 20.8. The topological polar surface area (TPSA) is 83.7 Å². The molecule has 36 heavy (non-hydrogen) atoms. The third kappa shape index (κ3) is 6.10. The van der Waals surface area contributed by atoms with Gasteiger partial charge in [0.25, 0.3) is 0 Å². The number of carbonyl (C=O) groups excluding carboxylic acids is 1. The van der Waals surface area contributed by atoms with Crippen LogP contribution in [0, 0.1) is 6.92 Å². The molecule has 0 saturated heterocycles. The van der Waals surface area contributed by atoms with E-state index in [2.05, 4.69) is 9.97 Å². The van der Waals surface area contributed by atoms with Gasteiger partial charge in [-0.2, -0.15) is 0 Å². The van der Waals surface area contributed by atoms with Crippen LogP contribution in [0.3, 0.4) is 0 Å². The molecule has 0 fully saturated rings. The van der Waals surface area contributed by atoms with Gasteiger partial charge in [-0.15, -0.1) is 0 Å². The van der Waals surface area contributed by atoms with Crippen LogP contribution in [-0.2, 0) is 16.0 Å². The first-order valence-corrected chi connectivity index (χ1v) is 11.9. The van der Waals surface area contributed by atoms with Crippen LogP contribution in [-0.4, -0.2) is 34.8 Å². The molecule has 0 atom stereocenters. The molecule has 7 heteroatoms. The third-order valence-electron chi connectivity index (χ3n) is 5.61. The van der Waals surface area contributed by atoms with Crippen molar-refractivity contribution in [3.8, 4) is 34.1 Å². The number of rotatable bonds is 10. The minimum atomic E-state index is -1.07. The van der Waals surface area contributed by atoms with E-state index in [1.165, 1.54) is 0 Å². The van der Waals surface area contributed by atoms with Gasteiger partial charge in [0.1, 0.15) is 17.3 Å². The number of aryl methyl sites for hydroxylation is 1. The van der Waals surface area contributed by atoms with Crippen molar-refractivity contribution in [2.75, 3.05) is 13.2 Å². The van der Waals surface area contributed by atoms with Crippen molar-refractivity contribution >= 4 is 5.97 Å². The van der Waals surface area contributed by atoms with Crippen LogP contribution >= 0.6 is 0 Å². The first kappa shape index (κ1) is 25.0. The quantitative estimate of drug-likeness (QED) is 0.252. The van der Waals surface area contributed by atoms with Crippen LogP contribution in [0.25, 0.3) is 22.6 Å². The van der Waals surface area contributed by atoms with E-state index < -0.39 is 11.6 Å². The first-order valence-electron chi connectivity index (χ1n) is 11.9. The van der Waals surface area contributed by atoms with E-state index in [4.69, 9.17) is 18.6 Å². The summed E-state index contributed by atoms with van der Waals surface area (Å²) in [5, 5.41) is 0. The number of aromatic nitrogens is 2. The molecule has 2 heterocycles. The average Bonchev–Trinajstić information content (AvgIpc) is 3.26. The molecule has 0 radical (unpaired) electrons. The highest BCUT2D eigenvalue weighted by molar-refractivity contribution is 5.79. The van der Waals surface area contributed by atoms with E-state index in [-0.39, 0.29) is 0 Å². The lowest BCUT2D eigenvalue weighted by molar-refractivity contribution is -0.158. The molecule has 0 saturated carbocycles. The van der Waals surface area contributed by atoms with E-state index in [0.29, 0.717) is 37.0 Å². The summed E-state index contributed by atoms with van der Waals surface area (Å²) >= 11 is 0. The standard InChI is InChI=1S/C29H30N2O5/c1-5-33-28(32)29(3,4)36-25-12-10-24(11-13-25)34-19-16-26-20(2)35-27(31-26)23-8-6-21(7-9-23)22-14-17-30-18-15-22/h6-15,17-18H,5,16,19H2,1-4H3. The number of hydrogen-bond donors (Lipinski definition) is 0. The zero-order valence-electron chi connectivity index (χ0n) is 21.0. The molecular weight excluding hydrogens is 456 g/mol. The van der Waals surface area contributed by atoms with Crippen molar-refractivity contribution in [1.29, 1.82) is 0 Å². The summed E-state index contributed by atoms with van der Waals surface area (Å²) in [6.45, 7) is 7.79. The van der Waals surface area contributed by atoms with Crippen LogP contribution in [0.15, 0.2) is 77.5 Å². The summed E-state index contributed by atoms with van der Waals surface area (Å²) in [7, 11) is 0. The highest BCUT2D eigenvalue weighted by atomic mass is 16.6. The predicted octanol–water partition coefficient (Wildman–Crippen LogP) is 6.05. The maximum Gasteiger partial charge on any atom is 0.349 e. The monoisotopic (exact) mass is 486 g/mol. The second kappa shape index (κ2) is 11.1. The molecule has 0 unspecified atom stereocenters. The molecule has 0 N–H and O–H groups in total. The molecule has 0 bridgehead atoms. The first-order chi connectivity index (χ1) is 17.4. The van der Waals surface area contributed by atoms with Crippen LogP contribution in [0.4, 0.5) is 0 Å². The van der Waals surface area contributed by atoms with Crippen LogP contribution in [0.1, 0.15) is 32.2 Å². The van der Waals surface area contributed by atoms with Gasteiger partial charge in [-0.05, 0) is 87.4 Å². The number of benzene rings is 2. The molecule has 0 amide bonds. The van der Waals surface area contributed by atoms with Crippen molar-refractivity contribution in [1.82, 2.24) is 9.97 Å². The van der Waals surface area contributed by atoms with E-state index in [9.17, 15) is 4.79 Å². The van der Waals surface area contributed by atoms with Gasteiger partial charge in [-0.25, -0.2) is 9.78 Å². The van der Waals surface area contributed by atoms with Crippen molar-refractivity contribution in [3.63, 3.8) is 0 Å². The molecule has 186 valence electrons. The van der Waals surface area contributed by atoms with Crippen molar-refractivity contribution in [3.05, 3.63) is 84.5 Å². The Morgan fingerprint density at radius 1 is 0.889 bits per heavy atom. The maximum absolute atomic E-state index is 12.0. The van der Waals surface area contributed by atoms with Crippen molar-refractivity contribution < 1.29 is 23.4 Å². The van der Waals surface area contributed by atoms with Gasteiger partial charge in [0.2, 0.25) is 5.89 Å². The van der Waals surface area contributed by atoms with E-state index in [1.807, 2.05) is 55.5 Å². The van der Waals surface area contributed by atoms with Gasteiger partial charge in [-0.3, -0.25) is 4.98 Å². The molecule has 0 spiro atoms. The van der Waals surface area contributed by atoms with E-state index >= 15 is 0 Å². The molecule has 0 aliphatic rings. The fourth-order valence-electron chi connectivity index (χ4n) is 3.64. The highest BCUT2D eigenvalue weighted by Crippen LogP contribution is 2.26. The Morgan fingerprint density at radius 3 is 2.17 bits per heavy atom. The average molecular weight is 487 g/mol. The van der Waals surface area contributed by atoms with E-state index in [1.54, 1.807) is 45.3 Å². The second-order valence-corrected chi connectivity index (χ2v) is 8.74. The van der Waals surface area contributed by atoms with Gasteiger partial charge in [0, 0.05) is 24.4 Å². The van der Waals surface area contributed by atoms with E-state index in [0.717, 1.165) is 28.1 Å². The molecule has 0 aliphatic carbocycles. The van der Waals surface area contributed by atoms with Gasteiger partial charge in [0.15, 0.2) is 5.60 Å². The molecule has 2 aromatic heterocycles. The fraction of sp³-hybridized carbons (Fsp3) is 0.276. The molecule has 0 aliphatic heterocycles. The molecular formula is C29H30N2O5. The van der Waals surface area contributed by atoms with Gasteiger partial charge < -0.3 is 18.6 Å². The SMILES string of the molecule is CCOC(=O)C(C)(C)Oc1ccc(OCCc2nc(-c3ccc(-c4ccncc4)cc3)oc2C)cc1. The summed E-state index contributed by atoms with van der Waals surface area (Å²) < 4.78 is 22.6. The molecule has 2 aromatic carbocycles. The Hall–Kier alpha value is -4.13. The summed E-state index contributed by atoms with van der Waals surface area (Å²) in [6.07, 6.45) is 4.17. The van der Waals surface area contributed by atoms with Crippen molar-refractivity contribution in [2.45, 2.75) is 39.7 Å². The lowest BCUT2D eigenvalue weighted by atomic mass is 10.1. The zero-order chi connectivity index (χ0) is 25.5. The fourth-order valence-corrected chi connectivity index (χ4v) is 3.64. The number of pyridine rings is 1. The Kier molecular flexibility index (Phi) is 7.68. The summed E-state index contributed by atoms with van der Waals surface area (Å²) in [5.74, 6) is 2.22. The minimum absolute atomic E-state index is 0.309. The zero-order valence-corrected chi connectivity index (χ0v) is 21.0. The number of esters is 1. The lowest BCUT2D eigenvalue weighted by Gasteiger charge is -2.24. The maximum atomic E-state index is 12.0. The number of oxazole rings is 1. The Labute approximate surface area is 211 Å². The van der Waals surface area contributed by atoms with Gasteiger partial charge in [0.05, 0.1) is 18.9 Å². The second-order valence-electron chi connectivity index (χ2n) is 8.74.